The largest absolute Gasteiger partial charge is 0.543 e. The molecule has 0 spiro atoms. The van der Waals surface area contributed by atoms with Crippen LogP contribution in [0.25, 0.3) is 32.0 Å². The number of halogens is 2. The molecule has 1 atom stereocenters. The van der Waals surface area contributed by atoms with E-state index in [-0.39, 0.29) is 24.7 Å². The van der Waals surface area contributed by atoms with Gasteiger partial charge in [0, 0.05) is 18.2 Å². The Labute approximate surface area is 346 Å². The number of ether oxygens (including phenoxy) is 4. The first-order valence-corrected chi connectivity index (χ1v) is 22.4. The average Bonchev–Trinajstić information content (AvgIpc) is 3.55. The second kappa shape index (κ2) is 18.1. The lowest BCUT2D eigenvalue weighted by molar-refractivity contribution is -0.148. The maximum absolute atomic E-state index is 13.8. The summed E-state index contributed by atoms with van der Waals surface area (Å²) in [7, 11) is 0.577. The van der Waals surface area contributed by atoms with Crippen molar-refractivity contribution in [2.24, 2.45) is 0 Å². The fraction of sp³-hybridized carbons (Fsp3) is 0.326. The van der Waals surface area contributed by atoms with E-state index in [0.29, 0.717) is 65.6 Å². The zero-order valence-electron chi connectivity index (χ0n) is 33.2. The highest BCUT2D eigenvalue weighted by atomic mass is 79.9. The Morgan fingerprint density at radius 1 is 0.877 bits per heavy atom. The van der Waals surface area contributed by atoms with Crippen molar-refractivity contribution in [3.05, 3.63) is 107 Å². The number of thiophene rings is 1. The summed E-state index contributed by atoms with van der Waals surface area (Å²) in [5.41, 5.74) is 3.87. The van der Waals surface area contributed by atoms with Crippen molar-refractivity contribution in [1.29, 1.82) is 0 Å². The van der Waals surface area contributed by atoms with Gasteiger partial charge in [-0.25, -0.2) is 29.1 Å². The molecular weight excluding hydrogens is 828 g/mol. The van der Waals surface area contributed by atoms with Crippen LogP contribution in [0.15, 0.2) is 89.8 Å². The molecule has 14 heteroatoms. The number of benzene rings is 3. The molecule has 298 valence electrons. The number of rotatable bonds is 16. The monoisotopic (exact) mass is 872 g/mol. The fourth-order valence-corrected chi connectivity index (χ4v) is 14.7. The molecule has 6 aromatic rings. The van der Waals surface area contributed by atoms with Crippen LogP contribution < -0.4 is 18.6 Å². The van der Waals surface area contributed by atoms with E-state index in [1.165, 1.54) is 36.9 Å². The summed E-state index contributed by atoms with van der Waals surface area (Å²) in [5.74, 6) is 1.64. The van der Waals surface area contributed by atoms with E-state index in [4.69, 9.17) is 28.4 Å². The zero-order valence-corrected chi connectivity index (χ0v) is 36.6. The van der Waals surface area contributed by atoms with Crippen molar-refractivity contribution in [2.75, 3.05) is 14.2 Å². The summed E-state index contributed by atoms with van der Waals surface area (Å²) in [6, 6.07) is 21.3. The Kier molecular flexibility index (Phi) is 13.3. The first kappa shape index (κ1) is 41.7. The van der Waals surface area contributed by atoms with Crippen molar-refractivity contribution < 1.29 is 32.6 Å². The van der Waals surface area contributed by atoms with Crippen molar-refractivity contribution >= 4 is 51.8 Å². The van der Waals surface area contributed by atoms with Crippen molar-refractivity contribution in [1.82, 2.24) is 19.9 Å². The first-order chi connectivity index (χ1) is 27.4. The molecule has 0 saturated carbocycles. The third-order valence-electron chi connectivity index (χ3n) is 10.1. The van der Waals surface area contributed by atoms with Gasteiger partial charge in [0.15, 0.2) is 5.82 Å². The normalized spacial score (nSPS) is 12.3. The molecule has 0 saturated heterocycles. The maximum atomic E-state index is 13.8. The molecule has 0 aliphatic rings. The molecule has 0 radical (unpaired) electrons. The number of carbonyl (C=O) groups excluding carboxylic acids is 1. The number of hydrogen-bond acceptors (Lipinski definition) is 11. The Hall–Kier alpha value is -4.92. The Morgan fingerprint density at radius 2 is 1.60 bits per heavy atom. The lowest BCUT2D eigenvalue weighted by Gasteiger charge is -2.42. The molecule has 10 nitrogen and oxygen atoms in total. The average molecular weight is 874 g/mol. The maximum Gasteiger partial charge on any atom is 0.347 e. The van der Waals surface area contributed by atoms with Gasteiger partial charge in [0.2, 0.25) is 12.0 Å². The highest BCUT2D eigenvalue weighted by Crippen LogP contribution is 2.46. The molecule has 0 fully saturated rings. The van der Waals surface area contributed by atoms with Gasteiger partial charge in [-0.2, -0.15) is 0 Å². The van der Waals surface area contributed by atoms with Gasteiger partial charge in [0.25, 0.3) is 8.32 Å². The van der Waals surface area contributed by atoms with E-state index >= 15 is 0 Å². The van der Waals surface area contributed by atoms with Gasteiger partial charge in [0.05, 0.1) is 40.2 Å². The van der Waals surface area contributed by atoms with E-state index in [1.807, 2.05) is 42.5 Å². The second-order valence-electron chi connectivity index (χ2n) is 14.5. The van der Waals surface area contributed by atoms with Gasteiger partial charge in [-0.1, -0.05) is 65.8 Å². The lowest BCUT2D eigenvalue weighted by Crippen LogP contribution is -2.50. The topological polar surface area (TPSA) is 115 Å². The van der Waals surface area contributed by atoms with Crippen LogP contribution in [0, 0.1) is 5.82 Å². The minimum absolute atomic E-state index is 0.0626. The standard InChI is InChI=1S/C43H46BrFN4O6SSi/c1-25(2)57(26(3)4,27(5)6)55-32-17-18-34(53-23-31-19-20-46-40(49-31)33-11-9-10-12-35(33)51-7)29(21-32)22-36(43(50)52-8)54-41-37-38(44)39(56-42(37)48-24-47-41)28-13-15-30(45)16-14-28/h9-21,24-27,36H,22-23H2,1-8H3/t36-/m1/s1. The van der Waals surface area contributed by atoms with Crippen LogP contribution in [0.1, 0.15) is 52.8 Å². The molecule has 0 amide bonds. The molecule has 0 unspecified atom stereocenters. The van der Waals surface area contributed by atoms with Crippen LogP contribution in [0.5, 0.6) is 23.1 Å². The number of fused-ring (bicyclic) bond motifs is 1. The number of aromatic nitrogens is 4. The molecular formula is C43H46BrFN4O6SSi. The van der Waals surface area contributed by atoms with Crippen LogP contribution in [-0.2, 0) is 22.6 Å². The van der Waals surface area contributed by atoms with Gasteiger partial charge in [0.1, 0.15) is 40.8 Å². The van der Waals surface area contributed by atoms with Gasteiger partial charge in [-0.05, 0) is 86.6 Å². The SMILES string of the molecule is COC(=O)[C@@H](Cc1cc(O[Si](C(C)C)(C(C)C)C(C)C)ccc1OCc1ccnc(-c2ccccc2OC)n1)Oc1ncnc2sc(-c3ccc(F)cc3)c(Br)c12. The Morgan fingerprint density at radius 3 is 2.28 bits per heavy atom. The molecule has 3 aromatic carbocycles. The Bertz CT molecular complexity index is 2320. The van der Waals surface area contributed by atoms with Crippen LogP contribution in [0.2, 0.25) is 16.6 Å². The molecule has 0 aliphatic heterocycles. The number of methoxy groups -OCH3 is 2. The molecule has 0 aliphatic carbocycles. The predicted octanol–water partition coefficient (Wildman–Crippen LogP) is 11.0. The van der Waals surface area contributed by atoms with Gasteiger partial charge in [-0.3, -0.25) is 0 Å². The minimum Gasteiger partial charge on any atom is -0.543 e. The van der Waals surface area contributed by atoms with Crippen LogP contribution in [0.4, 0.5) is 4.39 Å². The van der Waals surface area contributed by atoms with Crippen molar-refractivity contribution in [3.8, 4) is 45.0 Å². The van der Waals surface area contributed by atoms with Gasteiger partial charge in [-0.15, -0.1) is 11.3 Å². The third-order valence-corrected chi connectivity index (χ3v) is 18.3. The summed E-state index contributed by atoms with van der Waals surface area (Å²) in [6.07, 6.45) is 2.01. The molecule has 0 bridgehead atoms. The van der Waals surface area contributed by atoms with Crippen molar-refractivity contribution in [2.45, 2.75) is 77.3 Å². The minimum atomic E-state index is -2.35. The smallest absolute Gasteiger partial charge is 0.347 e. The lowest BCUT2D eigenvalue weighted by atomic mass is 10.1. The summed E-state index contributed by atoms with van der Waals surface area (Å²) in [6.45, 7) is 13.5. The zero-order chi connectivity index (χ0) is 40.9. The van der Waals surface area contributed by atoms with E-state index in [0.717, 1.165) is 16.0 Å². The molecule has 57 heavy (non-hydrogen) atoms. The summed E-state index contributed by atoms with van der Waals surface area (Å²) in [5, 5.41) is 0.584. The van der Waals surface area contributed by atoms with Gasteiger partial charge >= 0.3 is 5.97 Å². The quantitative estimate of drug-likeness (QED) is 0.0687. The van der Waals surface area contributed by atoms with E-state index < -0.39 is 20.4 Å². The summed E-state index contributed by atoms with van der Waals surface area (Å²) in [4.78, 5) is 33.2. The number of carbonyl (C=O) groups is 1. The highest BCUT2D eigenvalue weighted by Gasteiger charge is 2.47. The summed E-state index contributed by atoms with van der Waals surface area (Å²) >= 11 is 5.11. The second-order valence-corrected chi connectivity index (χ2v) is 21.7. The molecule has 6 rings (SSSR count). The number of esters is 1. The number of hydrogen-bond donors (Lipinski definition) is 0. The molecule has 3 heterocycles. The number of para-hydroxylation sites is 1. The molecule has 0 N–H and O–H groups in total. The van der Waals surface area contributed by atoms with Crippen LogP contribution in [0.3, 0.4) is 0 Å². The molecule has 3 aromatic heterocycles. The fourth-order valence-electron chi connectivity index (χ4n) is 7.45. The van der Waals surface area contributed by atoms with E-state index in [2.05, 4.69) is 72.4 Å². The van der Waals surface area contributed by atoms with E-state index in [9.17, 15) is 9.18 Å². The van der Waals surface area contributed by atoms with Crippen LogP contribution >= 0.6 is 27.3 Å². The summed E-state index contributed by atoms with van der Waals surface area (Å²) < 4.78 is 45.3. The van der Waals surface area contributed by atoms with Gasteiger partial charge < -0.3 is 23.4 Å². The number of nitrogens with zero attached hydrogens (tertiary/aromatic N) is 4. The predicted molar refractivity (Wildman–Crippen MR) is 227 cm³/mol. The van der Waals surface area contributed by atoms with Crippen LogP contribution in [-0.4, -0.2) is 54.5 Å². The van der Waals surface area contributed by atoms with E-state index in [1.54, 1.807) is 31.5 Å². The first-order valence-electron chi connectivity index (χ1n) is 18.7. The highest BCUT2D eigenvalue weighted by molar-refractivity contribution is 9.10. The Balaban J connectivity index is 1.37. The third kappa shape index (κ3) is 8.98. The van der Waals surface area contributed by atoms with Crippen molar-refractivity contribution in [3.63, 3.8) is 0 Å².